The Bertz CT molecular complexity index is 259. The van der Waals surface area contributed by atoms with Crippen molar-refractivity contribution in [2.24, 2.45) is 0 Å². The van der Waals surface area contributed by atoms with Gasteiger partial charge in [-0.1, -0.05) is 24.3 Å². The lowest BCUT2D eigenvalue weighted by molar-refractivity contribution is 0.594. The lowest BCUT2D eigenvalue weighted by atomic mass is 10.2. The minimum absolute atomic E-state index is 0.294. The zero-order valence-corrected chi connectivity index (χ0v) is 6.64. The first-order valence-corrected chi connectivity index (χ1v) is 5.08. The summed E-state index contributed by atoms with van der Waals surface area (Å²) in [6.45, 7) is 0. The molecule has 0 fully saturated rings. The molecule has 0 aromatic carbocycles. The van der Waals surface area contributed by atoms with Crippen LogP contribution < -0.4 is 0 Å². The van der Waals surface area contributed by atoms with Gasteiger partial charge in [0.25, 0.3) is 0 Å². The van der Waals surface area contributed by atoms with Crippen LogP contribution in [0.15, 0.2) is 24.3 Å². The first-order chi connectivity index (χ1) is 4.61. The summed E-state index contributed by atoms with van der Waals surface area (Å²) in [7, 11) is -2.86. The average molecular weight is 158 g/mol. The molecule has 0 saturated carbocycles. The fraction of sp³-hybridized carbons (Fsp3) is 0.429. The summed E-state index contributed by atoms with van der Waals surface area (Å²) < 4.78 is 21.8. The molecule has 1 atom stereocenters. The molecule has 56 valence electrons. The Hall–Kier alpha value is -0.570. The van der Waals surface area contributed by atoms with Crippen LogP contribution in [0.4, 0.5) is 0 Å². The molecule has 0 aromatic rings. The lowest BCUT2D eigenvalue weighted by Crippen LogP contribution is -2.17. The van der Waals surface area contributed by atoms with Crippen LogP contribution in [-0.2, 0) is 9.84 Å². The first-order valence-electron chi connectivity index (χ1n) is 3.13. The predicted octanol–water partition coefficient (Wildman–Crippen LogP) is 0.916. The predicted molar refractivity (Wildman–Crippen MR) is 41.5 cm³/mol. The molecule has 0 bridgehead atoms. The van der Waals surface area contributed by atoms with E-state index in [1.165, 1.54) is 6.26 Å². The highest BCUT2D eigenvalue weighted by atomic mass is 32.2. The summed E-state index contributed by atoms with van der Waals surface area (Å²) in [5, 5.41) is -0.294. The second-order valence-corrected chi connectivity index (χ2v) is 4.68. The van der Waals surface area contributed by atoms with E-state index in [9.17, 15) is 8.42 Å². The molecule has 0 heterocycles. The highest BCUT2D eigenvalue weighted by Gasteiger charge is 2.16. The van der Waals surface area contributed by atoms with Crippen molar-refractivity contribution in [3.05, 3.63) is 24.3 Å². The van der Waals surface area contributed by atoms with E-state index in [0.717, 1.165) is 0 Å². The SMILES string of the molecule is CS(=O)(=O)C1C=CC=CC1. The summed E-state index contributed by atoms with van der Waals surface area (Å²) in [6, 6.07) is 0. The van der Waals surface area contributed by atoms with Gasteiger partial charge in [0, 0.05) is 6.26 Å². The third-order valence-corrected chi connectivity index (χ3v) is 2.94. The number of rotatable bonds is 1. The summed E-state index contributed by atoms with van der Waals surface area (Å²) in [4.78, 5) is 0. The van der Waals surface area contributed by atoms with Gasteiger partial charge in [-0.3, -0.25) is 0 Å². The molecule has 0 spiro atoms. The van der Waals surface area contributed by atoms with Gasteiger partial charge >= 0.3 is 0 Å². The topological polar surface area (TPSA) is 34.1 Å². The zero-order valence-electron chi connectivity index (χ0n) is 5.82. The highest BCUT2D eigenvalue weighted by molar-refractivity contribution is 7.91. The van der Waals surface area contributed by atoms with Crippen molar-refractivity contribution in [3.63, 3.8) is 0 Å². The van der Waals surface area contributed by atoms with E-state index in [0.29, 0.717) is 6.42 Å². The summed E-state index contributed by atoms with van der Waals surface area (Å²) in [6.07, 6.45) is 9.11. The van der Waals surface area contributed by atoms with Crippen molar-refractivity contribution in [3.8, 4) is 0 Å². The van der Waals surface area contributed by atoms with Crippen molar-refractivity contribution in [2.75, 3.05) is 6.26 Å². The molecule has 0 saturated heterocycles. The third kappa shape index (κ3) is 1.70. The van der Waals surface area contributed by atoms with Crippen molar-refractivity contribution >= 4 is 9.84 Å². The van der Waals surface area contributed by atoms with E-state index in [1.54, 1.807) is 12.2 Å². The maximum atomic E-state index is 10.9. The Labute approximate surface area is 61.2 Å². The van der Waals surface area contributed by atoms with Gasteiger partial charge in [0.1, 0.15) is 0 Å². The smallest absolute Gasteiger partial charge is 0.154 e. The Balaban J connectivity index is 2.79. The average Bonchev–Trinajstić information content (AvgIpc) is 1.88. The fourth-order valence-corrected chi connectivity index (χ4v) is 1.71. The van der Waals surface area contributed by atoms with Crippen LogP contribution in [0.5, 0.6) is 0 Å². The van der Waals surface area contributed by atoms with Crippen molar-refractivity contribution in [1.29, 1.82) is 0 Å². The van der Waals surface area contributed by atoms with E-state index >= 15 is 0 Å². The molecular weight excluding hydrogens is 148 g/mol. The van der Waals surface area contributed by atoms with Gasteiger partial charge in [-0.15, -0.1) is 0 Å². The fourth-order valence-electron chi connectivity index (χ4n) is 0.875. The zero-order chi connectivity index (χ0) is 7.61. The Morgan fingerprint density at radius 1 is 1.40 bits per heavy atom. The molecule has 0 aliphatic heterocycles. The molecule has 10 heavy (non-hydrogen) atoms. The normalized spacial score (nSPS) is 25.1. The van der Waals surface area contributed by atoms with E-state index in [2.05, 4.69) is 0 Å². The van der Waals surface area contributed by atoms with E-state index in [4.69, 9.17) is 0 Å². The Kier molecular flexibility index (Phi) is 1.94. The van der Waals surface area contributed by atoms with Crippen molar-refractivity contribution in [1.82, 2.24) is 0 Å². The molecule has 0 N–H and O–H groups in total. The molecule has 0 aromatic heterocycles. The Morgan fingerprint density at radius 2 is 2.10 bits per heavy atom. The van der Waals surface area contributed by atoms with Gasteiger partial charge in [0.2, 0.25) is 0 Å². The van der Waals surface area contributed by atoms with Gasteiger partial charge in [-0.05, 0) is 6.42 Å². The summed E-state index contributed by atoms with van der Waals surface area (Å²) in [5.41, 5.74) is 0. The number of hydrogen-bond donors (Lipinski definition) is 0. The first kappa shape index (κ1) is 7.54. The van der Waals surface area contributed by atoms with Crippen molar-refractivity contribution in [2.45, 2.75) is 11.7 Å². The van der Waals surface area contributed by atoms with Crippen LogP contribution in [0.25, 0.3) is 0 Å². The molecule has 0 radical (unpaired) electrons. The van der Waals surface area contributed by atoms with Crippen LogP contribution in [0.2, 0.25) is 0 Å². The number of allylic oxidation sites excluding steroid dienone is 3. The van der Waals surface area contributed by atoms with Crippen LogP contribution in [0.3, 0.4) is 0 Å². The van der Waals surface area contributed by atoms with Gasteiger partial charge in [0.15, 0.2) is 9.84 Å². The van der Waals surface area contributed by atoms with Gasteiger partial charge in [-0.2, -0.15) is 0 Å². The maximum absolute atomic E-state index is 10.9. The van der Waals surface area contributed by atoms with Gasteiger partial charge < -0.3 is 0 Å². The van der Waals surface area contributed by atoms with Crippen molar-refractivity contribution < 1.29 is 8.42 Å². The largest absolute Gasteiger partial charge is 0.229 e. The number of hydrogen-bond acceptors (Lipinski definition) is 2. The van der Waals surface area contributed by atoms with E-state index in [1.807, 2.05) is 12.2 Å². The summed E-state index contributed by atoms with van der Waals surface area (Å²) >= 11 is 0. The van der Waals surface area contributed by atoms with E-state index < -0.39 is 9.84 Å². The molecule has 0 amide bonds. The molecular formula is C7H10O2S. The molecule has 2 nitrogen and oxygen atoms in total. The monoisotopic (exact) mass is 158 g/mol. The number of sulfone groups is 1. The second kappa shape index (κ2) is 2.58. The highest BCUT2D eigenvalue weighted by Crippen LogP contribution is 2.10. The van der Waals surface area contributed by atoms with Crippen LogP contribution in [0, 0.1) is 0 Å². The molecule has 3 heteroatoms. The lowest BCUT2D eigenvalue weighted by Gasteiger charge is -2.09. The van der Waals surface area contributed by atoms with Crippen LogP contribution >= 0.6 is 0 Å². The Morgan fingerprint density at radius 3 is 2.40 bits per heavy atom. The molecule has 1 aliphatic carbocycles. The second-order valence-electron chi connectivity index (χ2n) is 2.42. The van der Waals surface area contributed by atoms with Gasteiger partial charge in [-0.25, -0.2) is 8.42 Å². The van der Waals surface area contributed by atoms with E-state index in [-0.39, 0.29) is 5.25 Å². The van der Waals surface area contributed by atoms with Crippen LogP contribution in [0.1, 0.15) is 6.42 Å². The van der Waals surface area contributed by atoms with Crippen LogP contribution in [-0.4, -0.2) is 19.9 Å². The minimum atomic E-state index is -2.86. The molecule has 1 unspecified atom stereocenters. The molecule has 1 aliphatic rings. The van der Waals surface area contributed by atoms with Gasteiger partial charge in [0.05, 0.1) is 5.25 Å². The minimum Gasteiger partial charge on any atom is -0.229 e. The third-order valence-electron chi connectivity index (χ3n) is 1.49. The molecule has 1 rings (SSSR count). The quantitative estimate of drug-likeness (QED) is 0.568. The summed E-state index contributed by atoms with van der Waals surface area (Å²) in [5.74, 6) is 0. The standard InChI is InChI=1S/C7H10O2S/c1-10(8,9)7-5-3-2-4-6-7/h2-5,7H,6H2,1H3. The maximum Gasteiger partial charge on any atom is 0.154 e.